The number of rotatable bonds is 2. The summed E-state index contributed by atoms with van der Waals surface area (Å²) in [6, 6.07) is 5.34. The van der Waals surface area contributed by atoms with Gasteiger partial charge in [0.25, 0.3) is 0 Å². The van der Waals surface area contributed by atoms with Crippen LogP contribution in [0.2, 0.25) is 0 Å². The Bertz CT molecular complexity index is 423. The summed E-state index contributed by atoms with van der Waals surface area (Å²) in [6.07, 6.45) is 7.24. The van der Waals surface area contributed by atoms with Crippen LogP contribution in [-0.4, -0.2) is 11.0 Å². The fourth-order valence-corrected chi connectivity index (χ4v) is 1.33. The Balaban J connectivity index is 2.05. The lowest BCUT2D eigenvalue weighted by Gasteiger charge is -2.06. The molecule has 0 N–H and O–H groups in total. The Labute approximate surface area is 88.1 Å². The average Bonchev–Trinajstić information content (AvgIpc) is 2.70. The van der Waals surface area contributed by atoms with Crippen LogP contribution in [0.15, 0.2) is 42.5 Å². The maximum Gasteiger partial charge on any atom is 0.323 e. The van der Waals surface area contributed by atoms with E-state index in [0.29, 0.717) is 5.88 Å². The number of aromatic nitrogens is 1. The molecule has 2 rings (SSSR count). The van der Waals surface area contributed by atoms with Crippen LogP contribution < -0.4 is 4.74 Å². The highest BCUT2D eigenvalue weighted by molar-refractivity contribution is 5.79. The number of carbonyl (C=O) groups excluding carboxylic acids is 1. The van der Waals surface area contributed by atoms with Crippen LogP contribution in [0.4, 0.5) is 0 Å². The van der Waals surface area contributed by atoms with Gasteiger partial charge in [-0.15, -0.1) is 0 Å². The normalized spacial score (nSPS) is 14.5. The van der Waals surface area contributed by atoms with Crippen LogP contribution in [0, 0.1) is 12.8 Å². The van der Waals surface area contributed by atoms with Gasteiger partial charge in [-0.1, -0.05) is 30.4 Å². The third kappa shape index (κ3) is 2.31. The first-order chi connectivity index (χ1) is 7.25. The van der Waals surface area contributed by atoms with E-state index in [2.05, 4.69) is 4.98 Å². The maximum atomic E-state index is 11.6. The molecule has 0 fully saturated rings. The van der Waals surface area contributed by atoms with E-state index in [-0.39, 0.29) is 11.9 Å². The van der Waals surface area contributed by atoms with E-state index in [1.165, 1.54) is 0 Å². The van der Waals surface area contributed by atoms with E-state index in [1.54, 1.807) is 18.2 Å². The number of allylic oxidation sites excluding steroid dienone is 2. The fraction of sp³-hybridized carbons (Fsp3) is 0.167. The minimum atomic E-state index is -0.293. The van der Waals surface area contributed by atoms with Crippen molar-refractivity contribution in [2.24, 2.45) is 5.92 Å². The number of nitrogens with zero attached hydrogens (tertiary/aromatic N) is 1. The Morgan fingerprint density at radius 2 is 2.07 bits per heavy atom. The van der Waals surface area contributed by atoms with Crippen molar-refractivity contribution in [1.82, 2.24) is 4.98 Å². The highest BCUT2D eigenvalue weighted by Gasteiger charge is 2.16. The van der Waals surface area contributed by atoms with Crippen LogP contribution in [0.5, 0.6) is 5.88 Å². The smallest absolute Gasteiger partial charge is 0.323 e. The van der Waals surface area contributed by atoms with Crippen LogP contribution in [-0.2, 0) is 4.79 Å². The molecule has 3 nitrogen and oxygen atoms in total. The minimum absolute atomic E-state index is 0.271. The van der Waals surface area contributed by atoms with Gasteiger partial charge >= 0.3 is 5.97 Å². The maximum absolute atomic E-state index is 11.6. The predicted octanol–water partition coefficient (Wildman–Crippen LogP) is 2.04. The number of aryl methyl sites for hydroxylation is 1. The molecule has 0 spiro atoms. The topological polar surface area (TPSA) is 39.2 Å². The Kier molecular flexibility index (Phi) is 2.63. The molecule has 0 saturated heterocycles. The molecule has 0 aromatic carbocycles. The van der Waals surface area contributed by atoms with Crippen molar-refractivity contribution in [1.29, 1.82) is 0 Å². The number of ether oxygens (including phenoxy) is 1. The molecule has 0 amide bonds. The molecule has 0 bridgehead atoms. The van der Waals surface area contributed by atoms with Crippen molar-refractivity contribution in [3.8, 4) is 5.88 Å². The summed E-state index contributed by atoms with van der Waals surface area (Å²) in [6.45, 7) is 1.85. The Hall–Kier alpha value is -1.90. The summed E-state index contributed by atoms with van der Waals surface area (Å²) in [4.78, 5) is 15.7. The zero-order valence-electron chi connectivity index (χ0n) is 8.38. The second-order valence-electron chi connectivity index (χ2n) is 3.33. The van der Waals surface area contributed by atoms with Crippen molar-refractivity contribution in [3.05, 3.63) is 48.2 Å². The lowest BCUT2D eigenvalue weighted by Crippen LogP contribution is -2.16. The van der Waals surface area contributed by atoms with Gasteiger partial charge in [-0.2, -0.15) is 0 Å². The van der Waals surface area contributed by atoms with Crippen molar-refractivity contribution in [2.75, 3.05) is 0 Å². The summed E-state index contributed by atoms with van der Waals surface area (Å²) >= 11 is 0. The highest BCUT2D eigenvalue weighted by atomic mass is 16.5. The number of pyridine rings is 1. The number of carbonyl (C=O) groups is 1. The van der Waals surface area contributed by atoms with Crippen molar-refractivity contribution in [3.63, 3.8) is 0 Å². The van der Waals surface area contributed by atoms with Crippen LogP contribution >= 0.6 is 0 Å². The molecule has 15 heavy (non-hydrogen) atoms. The quantitative estimate of drug-likeness (QED) is 0.687. The summed E-state index contributed by atoms with van der Waals surface area (Å²) in [7, 11) is 0. The number of esters is 1. The van der Waals surface area contributed by atoms with Gasteiger partial charge in [0.2, 0.25) is 5.88 Å². The Morgan fingerprint density at radius 3 is 2.73 bits per heavy atom. The Morgan fingerprint density at radius 1 is 1.33 bits per heavy atom. The number of hydrogen-bond acceptors (Lipinski definition) is 3. The van der Waals surface area contributed by atoms with Gasteiger partial charge in [0.05, 0.1) is 5.92 Å². The predicted molar refractivity (Wildman–Crippen MR) is 56.4 cm³/mol. The van der Waals surface area contributed by atoms with Gasteiger partial charge in [-0.25, -0.2) is 4.98 Å². The zero-order chi connectivity index (χ0) is 10.7. The molecule has 1 aromatic rings. The van der Waals surface area contributed by atoms with Crippen molar-refractivity contribution < 1.29 is 9.53 Å². The molecular weight excluding hydrogens is 190 g/mol. The summed E-state index contributed by atoms with van der Waals surface area (Å²) in [5.41, 5.74) is 0.831. The molecule has 0 atom stereocenters. The molecule has 76 valence electrons. The van der Waals surface area contributed by atoms with Crippen molar-refractivity contribution in [2.45, 2.75) is 6.92 Å². The van der Waals surface area contributed by atoms with E-state index in [0.717, 1.165) is 5.69 Å². The lowest BCUT2D eigenvalue weighted by molar-refractivity contribution is -0.136. The van der Waals surface area contributed by atoms with Gasteiger partial charge in [0.1, 0.15) is 0 Å². The van der Waals surface area contributed by atoms with E-state index in [4.69, 9.17) is 4.74 Å². The molecule has 3 heteroatoms. The van der Waals surface area contributed by atoms with E-state index in [9.17, 15) is 4.79 Å². The lowest BCUT2D eigenvalue weighted by atomic mass is 10.2. The molecule has 1 aliphatic rings. The van der Waals surface area contributed by atoms with Gasteiger partial charge in [-0.05, 0) is 13.0 Å². The SMILES string of the molecule is Cc1cccc(OC(=O)C2C=CC=C2)n1. The molecule has 0 unspecified atom stereocenters. The summed E-state index contributed by atoms with van der Waals surface area (Å²) < 4.78 is 5.13. The first-order valence-electron chi connectivity index (χ1n) is 4.76. The molecule has 1 heterocycles. The van der Waals surface area contributed by atoms with E-state index >= 15 is 0 Å². The molecule has 0 radical (unpaired) electrons. The van der Waals surface area contributed by atoms with Gasteiger partial charge < -0.3 is 4.74 Å². The van der Waals surface area contributed by atoms with E-state index < -0.39 is 0 Å². The first kappa shape index (κ1) is 9.65. The monoisotopic (exact) mass is 201 g/mol. The largest absolute Gasteiger partial charge is 0.407 e. The second-order valence-corrected chi connectivity index (χ2v) is 3.33. The third-order valence-electron chi connectivity index (χ3n) is 2.09. The molecule has 1 aromatic heterocycles. The first-order valence-corrected chi connectivity index (χ1v) is 4.76. The summed E-state index contributed by atoms with van der Waals surface area (Å²) in [5, 5.41) is 0. The standard InChI is InChI=1S/C12H11NO2/c1-9-5-4-8-11(13-9)15-12(14)10-6-2-3-7-10/h2-8,10H,1H3. The van der Waals surface area contributed by atoms with Crippen LogP contribution in [0.1, 0.15) is 5.69 Å². The van der Waals surface area contributed by atoms with Crippen LogP contribution in [0.25, 0.3) is 0 Å². The van der Waals surface area contributed by atoms with Gasteiger partial charge in [0, 0.05) is 11.8 Å². The molecule has 1 aliphatic carbocycles. The fourth-order valence-electron chi connectivity index (χ4n) is 1.33. The zero-order valence-corrected chi connectivity index (χ0v) is 8.38. The average molecular weight is 201 g/mol. The minimum Gasteiger partial charge on any atom is -0.407 e. The van der Waals surface area contributed by atoms with E-state index in [1.807, 2.05) is 31.2 Å². The highest BCUT2D eigenvalue weighted by Crippen LogP contribution is 2.14. The molecule has 0 aliphatic heterocycles. The van der Waals surface area contributed by atoms with Crippen LogP contribution in [0.3, 0.4) is 0 Å². The van der Waals surface area contributed by atoms with Crippen molar-refractivity contribution >= 4 is 5.97 Å². The van der Waals surface area contributed by atoms with Gasteiger partial charge in [-0.3, -0.25) is 4.79 Å². The molecule has 0 saturated carbocycles. The second kappa shape index (κ2) is 4.09. The summed E-state index contributed by atoms with van der Waals surface area (Å²) in [5.74, 6) is -0.209. The number of hydrogen-bond donors (Lipinski definition) is 0. The molecular formula is C12H11NO2. The third-order valence-corrected chi connectivity index (χ3v) is 2.09. The van der Waals surface area contributed by atoms with Gasteiger partial charge in [0.15, 0.2) is 0 Å².